The summed E-state index contributed by atoms with van der Waals surface area (Å²) >= 11 is 6.04. The van der Waals surface area contributed by atoms with E-state index in [1.807, 2.05) is 20.8 Å². The average molecular weight is 365 g/mol. The van der Waals surface area contributed by atoms with Gasteiger partial charge in [0.05, 0.1) is 13.0 Å². The molecule has 0 aromatic carbocycles. The minimum atomic E-state index is -0.557. The second-order valence-corrected chi connectivity index (χ2v) is 6.83. The maximum Gasteiger partial charge on any atom is 0.330 e. The number of hydrogen-bond donors (Lipinski definition) is 1. The molecule has 0 aliphatic rings. The summed E-state index contributed by atoms with van der Waals surface area (Å²) in [7, 11) is 0. The molecule has 2 heterocycles. The molecule has 0 spiro atoms. The number of aromatic amines is 1. The first kappa shape index (κ1) is 19.0. The van der Waals surface area contributed by atoms with Gasteiger partial charge in [-0.3, -0.25) is 4.79 Å². The number of hydrogen-bond acceptors (Lipinski definition) is 5. The van der Waals surface area contributed by atoms with Crippen LogP contribution in [0.5, 0.6) is 0 Å². The third kappa shape index (κ3) is 5.60. The third-order valence-electron chi connectivity index (χ3n) is 3.12. The van der Waals surface area contributed by atoms with Crippen molar-refractivity contribution < 1.29 is 19.1 Å². The van der Waals surface area contributed by atoms with Gasteiger partial charge in [-0.25, -0.2) is 9.78 Å². The van der Waals surface area contributed by atoms with Crippen molar-refractivity contribution in [1.29, 1.82) is 0 Å². The van der Waals surface area contributed by atoms with Crippen LogP contribution in [0.3, 0.4) is 0 Å². The van der Waals surface area contributed by atoms with Crippen molar-refractivity contribution >= 4 is 40.6 Å². The summed E-state index contributed by atoms with van der Waals surface area (Å²) in [5.74, 6) is -0.776. The number of aromatic nitrogens is 2. The van der Waals surface area contributed by atoms with Crippen LogP contribution in [0.15, 0.2) is 18.2 Å². The summed E-state index contributed by atoms with van der Waals surface area (Å²) in [5, 5.41) is 1.02. The van der Waals surface area contributed by atoms with Gasteiger partial charge in [0.1, 0.15) is 16.4 Å². The van der Waals surface area contributed by atoms with E-state index >= 15 is 0 Å². The third-order valence-corrected chi connectivity index (χ3v) is 3.31. The quantitative estimate of drug-likeness (QED) is 0.497. The summed E-state index contributed by atoms with van der Waals surface area (Å²) in [4.78, 5) is 30.8. The molecule has 0 amide bonds. The van der Waals surface area contributed by atoms with Gasteiger partial charge in [-0.2, -0.15) is 0 Å². The zero-order chi connectivity index (χ0) is 18.6. The van der Waals surface area contributed by atoms with Crippen LogP contribution < -0.4 is 0 Å². The Labute approximate surface area is 151 Å². The van der Waals surface area contributed by atoms with Crippen molar-refractivity contribution in [3.05, 3.63) is 34.6 Å². The molecule has 2 aromatic rings. The molecular weight excluding hydrogens is 344 g/mol. The highest BCUT2D eigenvalue weighted by Gasteiger charge is 2.18. The number of esters is 2. The van der Waals surface area contributed by atoms with Crippen molar-refractivity contribution in [3.8, 4) is 0 Å². The van der Waals surface area contributed by atoms with Crippen LogP contribution in [0.25, 0.3) is 17.1 Å². The number of ether oxygens (including phenoxy) is 2. The largest absolute Gasteiger partial charge is 0.463 e. The van der Waals surface area contributed by atoms with Gasteiger partial charge < -0.3 is 14.5 Å². The molecule has 2 aromatic heterocycles. The fourth-order valence-corrected chi connectivity index (χ4v) is 2.49. The van der Waals surface area contributed by atoms with Crippen molar-refractivity contribution in [1.82, 2.24) is 9.97 Å². The Morgan fingerprint density at radius 2 is 2.04 bits per heavy atom. The second kappa shape index (κ2) is 7.70. The number of nitrogens with zero attached hydrogens (tertiary/aromatic N) is 1. The normalized spacial score (nSPS) is 11.9. The Morgan fingerprint density at radius 1 is 1.32 bits per heavy atom. The van der Waals surface area contributed by atoms with Crippen LogP contribution in [0, 0.1) is 0 Å². The Hall–Kier alpha value is -2.34. The van der Waals surface area contributed by atoms with Crippen LogP contribution in [0.1, 0.15) is 39.0 Å². The van der Waals surface area contributed by atoms with Gasteiger partial charge in [0.15, 0.2) is 0 Å². The van der Waals surface area contributed by atoms with E-state index in [9.17, 15) is 9.59 Å². The fourth-order valence-electron chi connectivity index (χ4n) is 2.27. The maximum absolute atomic E-state index is 12.1. The molecule has 7 heteroatoms. The first-order valence-corrected chi connectivity index (χ1v) is 8.30. The Bertz CT molecular complexity index is 818. The van der Waals surface area contributed by atoms with E-state index in [0.717, 1.165) is 5.39 Å². The van der Waals surface area contributed by atoms with Gasteiger partial charge >= 0.3 is 11.9 Å². The minimum absolute atomic E-state index is 0.0783. The van der Waals surface area contributed by atoms with E-state index in [1.54, 1.807) is 25.1 Å². The fraction of sp³-hybridized carbons (Fsp3) is 0.389. The molecular formula is C18H21ClN2O4. The maximum atomic E-state index is 12.1. The van der Waals surface area contributed by atoms with Gasteiger partial charge in [0.25, 0.3) is 0 Å². The molecule has 0 fully saturated rings. The van der Waals surface area contributed by atoms with E-state index in [4.69, 9.17) is 21.1 Å². The van der Waals surface area contributed by atoms with Crippen LogP contribution in [0.4, 0.5) is 0 Å². The Morgan fingerprint density at radius 3 is 2.68 bits per heavy atom. The summed E-state index contributed by atoms with van der Waals surface area (Å²) in [5.41, 5.74) is 1.34. The molecule has 0 radical (unpaired) electrons. The van der Waals surface area contributed by atoms with Crippen LogP contribution in [-0.4, -0.2) is 34.1 Å². The summed E-state index contributed by atoms with van der Waals surface area (Å²) in [6.07, 6.45) is 2.99. The number of pyridine rings is 1. The lowest BCUT2D eigenvalue weighted by molar-refractivity contribution is -0.153. The zero-order valence-corrected chi connectivity index (χ0v) is 15.4. The number of nitrogens with one attached hydrogen (secondary N) is 1. The molecule has 0 unspecified atom stereocenters. The zero-order valence-electron chi connectivity index (χ0n) is 14.7. The predicted octanol–water partition coefficient (Wildman–Crippen LogP) is 3.68. The Balaban J connectivity index is 2.29. The summed E-state index contributed by atoms with van der Waals surface area (Å²) < 4.78 is 10.2. The number of carbonyl (C=O) groups excluding carboxylic acids is 2. The highest BCUT2D eigenvalue weighted by Crippen LogP contribution is 2.24. The highest BCUT2D eigenvalue weighted by atomic mass is 35.5. The minimum Gasteiger partial charge on any atom is -0.463 e. The highest BCUT2D eigenvalue weighted by molar-refractivity contribution is 6.30. The molecule has 0 bridgehead atoms. The van der Waals surface area contributed by atoms with E-state index in [-0.39, 0.29) is 17.5 Å². The molecule has 0 atom stereocenters. The van der Waals surface area contributed by atoms with Crippen molar-refractivity contribution in [2.24, 2.45) is 0 Å². The number of rotatable bonds is 5. The number of fused-ring (bicyclic) bond motifs is 1. The van der Waals surface area contributed by atoms with Crippen molar-refractivity contribution in [2.75, 3.05) is 6.61 Å². The van der Waals surface area contributed by atoms with Gasteiger partial charge in [0, 0.05) is 17.2 Å². The lowest BCUT2D eigenvalue weighted by Crippen LogP contribution is -2.24. The van der Waals surface area contributed by atoms with Crippen LogP contribution >= 0.6 is 11.6 Å². The molecule has 1 N–H and O–H groups in total. The summed E-state index contributed by atoms with van der Waals surface area (Å²) in [6, 6.07) is 3.44. The van der Waals surface area contributed by atoms with Gasteiger partial charge in [-0.1, -0.05) is 11.6 Å². The van der Waals surface area contributed by atoms with Gasteiger partial charge in [-0.15, -0.1) is 0 Å². The number of carbonyl (C=O) groups is 2. The topological polar surface area (TPSA) is 81.3 Å². The predicted molar refractivity (Wildman–Crippen MR) is 96.3 cm³/mol. The smallest absolute Gasteiger partial charge is 0.330 e. The molecule has 2 rings (SSSR count). The molecule has 0 aliphatic carbocycles. The lowest BCUT2D eigenvalue weighted by atomic mass is 10.1. The van der Waals surface area contributed by atoms with Crippen molar-refractivity contribution in [3.63, 3.8) is 0 Å². The monoisotopic (exact) mass is 364 g/mol. The number of halogens is 1. The van der Waals surface area contributed by atoms with Crippen LogP contribution in [-0.2, 0) is 25.5 Å². The SMILES string of the molecule is CCOC(=O)C=Cc1cc2c(CC(=O)OC(C)(C)C)cc(Cl)nc2[nH]1. The molecule has 0 saturated heterocycles. The van der Waals surface area contributed by atoms with E-state index < -0.39 is 11.6 Å². The van der Waals surface area contributed by atoms with E-state index in [2.05, 4.69) is 9.97 Å². The molecule has 134 valence electrons. The van der Waals surface area contributed by atoms with Crippen molar-refractivity contribution in [2.45, 2.75) is 39.7 Å². The molecule has 0 aliphatic heterocycles. The first-order chi connectivity index (χ1) is 11.7. The Kier molecular flexibility index (Phi) is 5.85. The average Bonchev–Trinajstić information content (AvgIpc) is 2.86. The summed E-state index contributed by atoms with van der Waals surface area (Å²) in [6.45, 7) is 7.49. The first-order valence-electron chi connectivity index (χ1n) is 7.93. The molecule has 6 nitrogen and oxygen atoms in total. The van der Waals surface area contributed by atoms with Gasteiger partial charge in [0.2, 0.25) is 0 Å². The molecule has 0 saturated carbocycles. The second-order valence-electron chi connectivity index (χ2n) is 6.44. The standard InChI is InChI=1S/C18H21ClN2O4/c1-5-24-15(22)7-6-12-10-13-11(8-14(19)21-17(13)20-12)9-16(23)25-18(2,3)4/h6-8,10H,5,9H2,1-4H3,(H,20,21). The van der Waals surface area contributed by atoms with Gasteiger partial charge in [-0.05, 0) is 51.5 Å². The van der Waals surface area contributed by atoms with Crippen LogP contribution in [0.2, 0.25) is 5.15 Å². The van der Waals surface area contributed by atoms with E-state index in [0.29, 0.717) is 23.5 Å². The molecule has 25 heavy (non-hydrogen) atoms. The van der Waals surface area contributed by atoms with E-state index in [1.165, 1.54) is 6.08 Å². The lowest BCUT2D eigenvalue weighted by Gasteiger charge is -2.19. The number of H-pyrrole nitrogens is 1.